The Morgan fingerprint density at radius 2 is 0.881 bits per heavy atom. The minimum absolute atomic E-state index is 0.184. The summed E-state index contributed by atoms with van der Waals surface area (Å²) < 4.78 is 30.0. The highest BCUT2D eigenvalue weighted by Crippen LogP contribution is 2.38. The summed E-state index contributed by atoms with van der Waals surface area (Å²) in [7, 11) is 0. The number of aryl methyl sites for hydroxylation is 2. The highest BCUT2D eigenvalue weighted by Gasteiger charge is 2.22. The first kappa shape index (κ1) is 31.7. The van der Waals surface area contributed by atoms with E-state index in [1.54, 1.807) is 0 Å². The van der Waals surface area contributed by atoms with Crippen LogP contribution in [0.3, 0.4) is 0 Å². The molecule has 6 heteroatoms. The van der Waals surface area contributed by atoms with E-state index in [1.165, 1.54) is 75.3 Å². The Kier molecular flexibility index (Phi) is 11.2. The molecular formula is C36H40F2I2N2. The molecule has 0 atom stereocenters. The summed E-state index contributed by atoms with van der Waals surface area (Å²) in [5.41, 5.74) is 4.97. The Labute approximate surface area is 275 Å². The van der Waals surface area contributed by atoms with Gasteiger partial charge in [-0.15, -0.1) is 0 Å². The number of rotatable bonds is 14. The molecule has 1 aromatic heterocycles. The van der Waals surface area contributed by atoms with Crippen LogP contribution in [0.25, 0.3) is 43.6 Å². The topological polar surface area (TPSA) is 25.8 Å². The van der Waals surface area contributed by atoms with Crippen LogP contribution in [0.4, 0.5) is 8.78 Å². The van der Waals surface area contributed by atoms with Gasteiger partial charge in [0.25, 0.3) is 0 Å². The van der Waals surface area contributed by atoms with Gasteiger partial charge in [0.15, 0.2) is 11.6 Å². The quantitative estimate of drug-likeness (QED) is 0.0280. The second-order valence-electron chi connectivity index (χ2n) is 11.7. The minimum Gasteiger partial charge on any atom is -0.243 e. The molecule has 0 aliphatic heterocycles. The molecule has 222 valence electrons. The normalized spacial score (nSPS) is 12.0. The van der Waals surface area contributed by atoms with Gasteiger partial charge in [-0.25, -0.2) is 18.7 Å². The zero-order valence-electron chi connectivity index (χ0n) is 24.8. The van der Waals surface area contributed by atoms with Crippen molar-refractivity contribution in [2.45, 2.75) is 104 Å². The van der Waals surface area contributed by atoms with Crippen molar-refractivity contribution in [2.24, 2.45) is 0 Å². The molecule has 0 bridgehead atoms. The molecule has 1 heterocycles. The average Bonchev–Trinajstić information content (AvgIpc) is 3.01. The number of unbranched alkanes of at least 4 members (excludes halogenated alkanes) is 10. The summed E-state index contributed by atoms with van der Waals surface area (Å²) in [5, 5.41) is 4.34. The van der Waals surface area contributed by atoms with Crippen LogP contribution in [0.5, 0.6) is 0 Å². The molecule has 5 rings (SSSR count). The predicted molar refractivity (Wildman–Crippen MR) is 192 cm³/mol. The second-order valence-corrected chi connectivity index (χ2v) is 13.8. The van der Waals surface area contributed by atoms with Crippen LogP contribution in [0.15, 0.2) is 36.4 Å². The maximum Gasteiger partial charge on any atom is 0.175 e. The summed E-state index contributed by atoms with van der Waals surface area (Å²) in [6.07, 6.45) is 17.2. The molecule has 0 fully saturated rings. The van der Waals surface area contributed by atoms with Gasteiger partial charge in [-0.05, 0) is 105 Å². The predicted octanol–water partition coefficient (Wildman–Crippen LogP) is 12.4. The van der Waals surface area contributed by atoms with Gasteiger partial charge in [-0.3, -0.25) is 0 Å². The summed E-state index contributed by atoms with van der Waals surface area (Å²) in [4.78, 5) is 10.1. The number of nitrogens with zero attached hydrogens (tertiary/aromatic N) is 2. The fourth-order valence-electron chi connectivity index (χ4n) is 6.09. The largest absolute Gasteiger partial charge is 0.243 e. The second kappa shape index (κ2) is 14.9. The number of aromatic nitrogens is 2. The third kappa shape index (κ3) is 6.84. The van der Waals surface area contributed by atoms with E-state index in [0.29, 0.717) is 11.0 Å². The monoisotopic (exact) mass is 792 g/mol. The van der Waals surface area contributed by atoms with Gasteiger partial charge in [-0.1, -0.05) is 102 Å². The fraction of sp³-hybridized carbons (Fsp3) is 0.444. The molecule has 0 saturated heterocycles. The number of benzene rings is 4. The molecule has 0 N–H and O–H groups in total. The third-order valence-electron chi connectivity index (χ3n) is 8.50. The molecule has 5 aromatic rings. The van der Waals surface area contributed by atoms with Crippen LogP contribution in [-0.2, 0) is 12.8 Å². The standard InChI is InChI=1S/C36H40F2I2N2/c1-3-5-7-9-11-13-15-23-17-19-25-26-20-18-24(16-14-12-10-8-6-4-2)22-28(26)34-33(27(25)21-23)41-35-31(39)29(37)30(38)32(40)36(35)42-34/h17-22H,3-16H2,1-2H3. The molecular weight excluding hydrogens is 752 g/mol. The molecule has 42 heavy (non-hydrogen) atoms. The summed E-state index contributed by atoms with van der Waals surface area (Å²) in [5.74, 6) is -1.70. The molecule has 0 saturated carbocycles. The molecule has 0 amide bonds. The SMILES string of the molecule is CCCCCCCCc1ccc2c3ccc(CCCCCCCC)cc3c3nc4c(I)c(F)c(F)c(I)c4nc3c2c1. The highest BCUT2D eigenvalue weighted by atomic mass is 127. The van der Waals surface area contributed by atoms with Crippen LogP contribution < -0.4 is 0 Å². The first-order valence-corrected chi connectivity index (χ1v) is 17.9. The first-order valence-electron chi connectivity index (χ1n) is 15.7. The number of hydrogen-bond acceptors (Lipinski definition) is 2. The van der Waals surface area contributed by atoms with Crippen LogP contribution >= 0.6 is 45.2 Å². The number of hydrogen-bond donors (Lipinski definition) is 0. The smallest absolute Gasteiger partial charge is 0.175 e. The van der Waals surface area contributed by atoms with Gasteiger partial charge in [-0.2, -0.15) is 0 Å². The Morgan fingerprint density at radius 3 is 1.29 bits per heavy atom. The van der Waals surface area contributed by atoms with Gasteiger partial charge in [0.05, 0.1) is 18.2 Å². The van der Waals surface area contributed by atoms with Crippen molar-refractivity contribution in [3.63, 3.8) is 0 Å². The maximum atomic E-state index is 14.8. The zero-order valence-corrected chi connectivity index (χ0v) is 29.1. The molecule has 2 nitrogen and oxygen atoms in total. The van der Waals surface area contributed by atoms with Gasteiger partial charge >= 0.3 is 0 Å². The minimum atomic E-state index is -0.851. The summed E-state index contributed by atoms with van der Waals surface area (Å²) in [6.45, 7) is 4.50. The van der Waals surface area contributed by atoms with Gasteiger partial charge in [0.1, 0.15) is 11.0 Å². The lowest BCUT2D eigenvalue weighted by atomic mass is 9.94. The number of fused-ring (bicyclic) bond motifs is 7. The van der Waals surface area contributed by atoms with Crippen molar-refractivity contribution in [3.8, 4) is 0 Å². The lowest BCUT2D eigenvalue weighted by Crippen LogP contribution is -2.01. The lowest BCUT2D eigenvalue weighted by Gasteiger charge is -2.14. The van der Waals surface area contributed by atoms with Gasteiger partial charge < -0.3 is 0 Å². The Morgan fingerprint density at radius 1 is 0.500 bits per heavy atom. The van der Waals surface area contributed by atoms with Crippen molar-refractivity contribution in [1.29, 1.82) is 0 Å². The van der Waals surface area contributed by atoms with Crippen LogP contribution in [0.1, 0.15) is 102 Å². The Balaban J connectivity index is 1.61. The van der Waals surface area contributed by atoms with Crippen molar-refractivity contribution in [3.05, 3.63) is 66.3 Å². The van der Waals surface area contributed by atoms with E-state index in [2.05, 4.69) is 50.2 Å². The van der Waals surface area contributed by atoms with Crippen LogP contribution in [0, 0.1) is 18.8 Å². The van der Waals surface area contributed by atoms with Crippen LogP contribution in [-0.4, -0.2) is 9.97 Å². The van der Waals surface area contributed by atoms with Gasteiger partial charge in [0, 0.05) is 10.8 Å². The van der Waals surface area contributed by atoms with Crippen molar-refractivity contribution >= 4 is 88.8 Å². The van der Waals surface area contributed by atoms with E-state index in [4.69, 9.17) is 9.97 Å². The third-order valence-corrected chi connectivity index (χ3v) is 10.5. The molecule has 0 spiro atoms. The van der Waals surface area contributed by atoms with Crippen molar-refractivity contribution in [2.75, 3.05) is 0 Å². The van der Waals surface area contributed by atoms with Crippen molar-refractivity contribution < 1.29 is 8.78 Å². The summed E-state index contributed by atoms with van der Waals surface area (Å²) >= 11 is 3.74. The molecule has 0 aliphatic carbocycles. The van der Waals surface area contributed by atoms with Crippen LogP contribution in [0.2, 0.25) is 0 Å². The zero-order chi connectivity index (χ0) is 29.6. The number of halogens is 4. The summed E-state index contributed by atoms with van der Waals surface area (Å²) in [6, 6.07) is 13.5. The Bertz CT molecular complexity index is 1590. The van der Waals surface area contributed by atoms with Gasteiger partial charge in [0.2, 0.25) is 0 Å². The maximum absolute atomic E-state index is 14.8. The highest BCUT2D eigenvalue weighted by molar-refractivity contribution is 14.1. The van der Waals surface area contributed by atoms with E-state index in [9.17, 15) is 8.78 Å². The van der Waals surface area contributed by atoms with E-state index in [1.807, 2.05) is 45.2 Å². The Hall–Kier alpha value is -1.68. The fourth-order valence-corrected chi connectivity index (χ4v) is 7.32. The van der Waals surface area contributed by atoms with E-state index >= 15 is 0 Å². The molecule has 0 unspecified atom stereocenters. The lowest BCUT2D eigenvalue weighted by molar-refractivity contribution is 0.501. The van der Waals surface area contributed by atoms with Crippen molar-refractivity contribution in [1.82, 2.24) is 9.97 Å². The first-order chi connectivity index (χ1) is 20.4. The molecule has 0 radical (unpaired) electrons. The average molecular weight is 793 g/mol. The van der Waals surface area contributed by atoms with E-state index in [-0.39, 0.29) is 7.14 Å². The molecule has 0 aliphatic rings. The van der Waals surface area contributed by atoms with E-state index < -0.39 is 11.6 Å². The molecule has 4 aromatic carbocycles. The van der Waals surface area contributed by atoms with E-state index in [0.717, 1.165) is 58.3 Å².